The zero-order chi connectivity index (χ0) is 13.7. The van der Waals surface area contributed by atoms with Gasteiger partial charge in [-0.05, 0) is 49.9 Å². The molecule has 1 saturated heterocycles. The second kappa shape index (κ2) is 7.41. The highest BCUT2D eigenvalue weighted by atomic mass is 32.1. The molecule has 1 aromatic heterocycles. The summed E-state index contributed by atoms with van der Waals surface area (Å²) in [4.78, 5) is 5.62. The van der Waals surface area contributed by atoms with Crippen LogP contribution in [0.25, 0.3) is 0 Å². The zero-order valence-corrected chi connectivity index (χ0v) is 13.4. The van der Waals surface area contributed by atoms with Crippen LogP contribution >= 0.6 is 11.3 Å². The summed E-state index contributed by atoms with van der Waals surface area (Å²) in [6.07, 6.45) is 2.57. The minimum Gasteiger partial charge on any atom is -0.312 e. The van der Waals surface area contributed by atoms with Crippen molar-refractivity contribution >= 4 is 11.3 Å². The summed E-state index contributed by atoms with van der Waals surface area (Å²) in [5.41, 5.74) is 0. The Labute approximate surface area is 122 Å². The maximum Gasteiger partial charge on any atom is 0.0328 e. The molecule has 108 valence electrons. The van der Waals surface area contributed by atoms with Crippen LogP contribution in [-0.4, -0.2) is 24.5 Å². The lowest BCUT2D eigenvalue weighted by molar-refractivity contribution is 0.133. The molecule has 1 fully saturated rings. The third-order valence-electron chi connectivity index (χ3n) is 4.24. The number of rotatable bonds is 6. The maximum atomic E-state index is 3.48. The van der Waals surface area contributed by atoms with Crippen molar-refractivity contribution < 1.29 is 0 Å². The third kappa shape index (κ3) is 4.59. The van der Waals surface area contributed by atoms with E-state index >= 15 is 0 Å². The van der Waals surface area contributed by atoms with Crippen molar-refractivity contribution in [2.75, 3.05) is 19.6 Å². The van der Waals surface area contributed by atoms with Gasteiger partial charge in [0.1, 0.15) is 0 Å². The van der Waals surface area contributed by atoms with Crippen molar-refractivity contribution in [2.45, 2.75) is 46.7 Å². The lowest BCUT2D eigenvalue weighted by atomic mass is 9.89. The second-order valence-electron chi connectivity index (χ2n) is 6.02. The zero-order valence-electron chi connectivity index (χ0n) is 12.6. The first-order valence-electron chi connectivity index (χ1n) is 7.69. The van der Waals surface area contributed by atoms with Gasteiger partial charge in [0.05, 0.1) is 0 Å². The molecule has 1 aliphatic heterocycles. The normalized spacial score (nSPS) is 24.8. The van der Waals surface area contributed by atoms with Crippen LogP contribution in [-0.2, 0) is 13.1 Å². The summed E-state index contributed by atoms with van der Waals surface area (Å²) >= 11 is 1.97. The van der Waals surface area contributed by atoms with Crippen LogP contribution < -0.4 is 5.32 Å². The standard InChI is InChI=1S/C16H28N2S/c1-4-8-17-10-15-5-6-16(19-15)12-18-9-7-13(2)14(3)11-18/h5-6,13-14,17H,4,7-12H2,1-3H3. The maximum absolute atomic E-state index is 3.48. The van der Waals surface area contributed by atoms with E-state index in [1.165, 1.54) is 35.7 Å². The lowest BCUT2D eigenvalue weighted by Gasteiger charge is -2.34. The molecule has 0 aliphatic carbocycles. The molecule has 0 amide bonds. The molecular formula is C16H28N2S. The third-order valence-corrected chi connectivity index (χ3v) is 5.31. The number of piperidine rings is 1. The monoisotopic (exact) mass is 280 g/mol. The fraction of sp³-hybridized carbons (Fsp3) is 0.750. The van der Waals surface area contributed by atoms with Crippen molar-refractivity contribution in [1.29, 1.82) is 0 Å². The van der Waals surface area contributed by atoms with Crippen molar-refractivity contribution in [2.24, 2.45) is 11.8 Å². The van der Waals surface area contributed by atoms with Gasteiger partial charge in [-0.25, -0.2) is 0 Å². The van der Waals surface area contributed by atoms with Gasteiger partial charge < -0.3 is 5.32 Å². The van der Waals surface area contributed by atoms with Gasteiger partial charge in [0.25, 0.3) is 0 Å². The number of nitrogens with zero attached hydrogens (tertiary/aromatic N) is 1. The first kappa shape index (κ1) is 15.0. The Kier molecular flexibility index (Phi) is 5.86. The highest BCUT2D eigenvalue weighted by molar-refractivity contribution is 7.11. The van der Waals surface area contributed by atoms with E-state index in [1.54, 1.807) is 0 Å². The first-order valence-corrected chi connectivity index (χ1v) is 8.51. The van der Waals surface area contributed by atoms with Gasteiger partial charge in [0, 0.05) is 29.4 Å². The average Bonchev–Trinajstić information content (AvgIpc) is 2.82. The number of thiophene rings is 1. The number of hydrogen-bond donors (Lipinski definition) is 1. The summed E-state index contributed by atoms with van der Waals surface area (Å²) in [6.45, 7) is 12.8. The highest BCUT2D eigenvalue weighted by Crippen LogP contribution is 2.25. The smallest absolute Gasteiger partial charge is 0.0328 e. The molecule has 19 heavy (non-hydrogen) atoms. The number of nitrogens with one attached hydrogen (secondary N) is 1. The molecule has 2 heterocycles. The molecule has 1 aliphatic rings. The molecule has 2 atom stereocenters. The molecule has 3 heteroatoms. The van der Waals surface area contributed by atoms with Gasteiger partial charge >= 0.3 is 0 Å². The average molecular weight is 280 g/mol. The second-order valence-corrected chi connectivity index (χ2v) is 7.28. The molecule has 1 aromatic rings. The van der Waals surface area contributed by atoms with Crippen molar-refractivity contribution in [3.05, 3.63) is 21.9 Å². The Morgan fingerprint density at radius 2 is 2.05 bits per heavy atom. The quantitative estimate of drug-likeness (QED) is 0.799. The molecular weight excluding hydrogens is 252 g/mol. The Morgan fingerprint density at radius 1 is 1.26 bits per heavy atom. The molecule has 0 spiro atoms. The SMILES string of the molecule is CCCNCc1ccc(CN2CCC(C)C(C)C2)s1. The topological polar surface area (TPSA) is 15.3 Å². The molecule has 0 saturated carbocycles. The molecule has 1 N–H and O–H groups in total. The fourth-order valence-electron chi connectivity index (χ4n) is 2.70. The summed E-state index contributed by atoms with van der Waals surface area (Å²) in [5.74, 6) is 1.74. The van der Waals surface area contributed by atoms with E-state index in [-0.39, 0.29) is 0 Å². The van der Waals surface area contributed by atoms with Gasteiger partial charge in [0.2, 0.25) is 0 Å². The van der Waals surface area contributed by atoms with Crippen LogP contribution in [0.5, 0.6) is 0 Å². The van der Waals surface area contributed by atoms with Gasteiger partial charge in [-0.3, -0.25) is 4.90 Å². The molecule has 2 rings (SSSR count). The number of hydrogen-bond acceptors (Lipinski definition) is 3. The fourth-order valence-corrected chi connectivity index (χ4v) is 3.73. The Hall–Kier alpha value is -0.380. The number of likely N-dealkylation sites (tertiary alicyclic amines) is 1. The predicted molar refractivity (Wildman–Crippen MR) is 84.5 cm³/mol. The minimum absolute atomic E-state index is 0.847. The van der Waals surface area contributed by atoms with Crippen molar-refractivity contribution in [3.63, 3.8) is 0 Å². The highest BCUT2D eigenvalue weighted by Gasteiger charge is 2.22. The minimum atomic E-state index is 0.847. The van der Waals surface area contributed by atoms with E-state index < -0.39 is 0 Å². The van der Waals surface area contributed by atoms with Crippen molar-refractivity contribution in [3.8, 4) is 0 Å². The van der Waals surface area contributed by atoms with Gasteiger partial charge in [0.15, 0.2) is 0 Å². The van der Waals surface area contributed by atoms with Crippen molar-refractivity contribution in [1.82, 2.24) is 10.2 Å². The van der Waals surface area contributed by atoms with Crippen LogP contribution in [0.15, 0.2) is 12.1 Å². The van der Waals surface area contributed by atoms with Gasteiger partial charge in [-0.1, -0.05) is 20.8 Å². The van der Waals surface area contributed by atoms with Crippen LogP contribution in [0.2, 0.25) is 0 Å². The van der Waals surface area contributed by atoms with E-state index in [4.69, 9.17) is 0 Å². The molecule has 2 nitrogen and oxygen atoms in total. The molecule has 2 unspecified atom stereocenters. The predicted octanol–water partition coefficient (Wildman–Crippen LogP) is 3.73. The Morgan fingerprint density at radius 3 is 2.79 bits per heavy atom. The largest absolute Gasteiger partial charge is 0.312 e. The Bertz CT molecular complexity index is 375. The van der Waals surface area contributed by atoms with Crippen LogP contribution in [0, 0.1) is 11.8 Å². The van der Waals surface area contributed by atoms with E-state index in [2.05, 4.69) is 43.1 Å². The van der Waals surface area contributed by atoms with E-state index in [1.807, 2.05) is 11.3 Å². The van der Waals surface area contributed by atoms with E-state index in [0.717, 1.165) is 31.5 Å². The van der Waals surface area contributed by atoms with Gasteiger partial charge in [-0.15, -0.1) is 11.3 Å². The first-order chi connectivity index (χ1) is 9.19. The summed E-state index contributed by atoms with van der Waals surface area (Å²) in [7, 11) is 0. The Balaban J connectivity index is 1.79. The summed E-state index contributed by atoms with van der Waals surface area (Å²) < 4.78 is 0. The van der Waals surface area contributed by atoms with Crippen LogP contribution in [0.3, 0.4) is 0 Å². The summed E-state index contributed by atoms with van der Waals surface area (Å²) in [6, 6.07) is 4.61. The molecule has 0 aromatic carbocycles. The van der Waals surface area contributed by atoms with E-state index in [9.17, 15) is 0 Å². The van der Waals surface area contributed by atoms with Crippen LogP contribution in [0.1, 0.15) is 43.4 Å². The molecule has 0 bridgehead atoms. The lowest BCUT2D eigenvalue weighted by Crippen LogP contribution is -2.37. The van der Waals surface area contributed by atoms with Gasteiger partial charge in [-0.2, -0.15) is 0 Å². The van der Waals surface area contributed by atoms with E-state index in [0.29, 0.717) is 0 Å². The summed E-state index contributed by atoms with van der Waals surface area (Å²) in [5, 5.41) is 3.48. The van der Waals surface area contributed by atoms with Crippen LogP contribution in [0.4, 0.5) is 0 Å². The molecule has 0 radical (unpaired) electrons.